The Bertz CT molecular complexity index is 1140. The highest BCUT2D eigenvalue weighted by Gasteiger charge is 2.75. The highest BCUT2D eigenvalue weighted by molar-refractivity contribution is 6.06. The van der Waals surface area contributed by atoms with Crippen LogP contribution in [0.3, 0.4) is 0 Å². The van der Waals surface area contributed by atoms with Crippen LogP contribution in [-0.2, 0) is 4.79 Å². The van der Waals surface area contributed by atoms with E-state index in [1.54, 1.807) is 11.8 Å². The van der Waals surface area contributed by atoms with E-state index >= 15 is 0 Å². The minimum atomic E-state index is -1.73. The molecule has 2 bridgehead atoms. The number of hydrogen-bond donors (Lipinski definition) is 4. The Morgan fingerprint density at radius 1 is 1.03 bits per heavy atom. The van der Waals surface area contributed by atoms with E-state index < -0.39 is 40.2 Å². The first kappa shape index (κ1) is 22.9. The van der Waals surface area contributed by atoms with E-state index in [0.29, 0.717) is 0 Å². The molecule has 2 amide bonds. The number of nitrogens with zero attached hydrogens (tertiary/aromatic N) is 4. The third kappa shape index (κ3) is 3.10. The highest BCUT2D eigenvalue weighted by Crippen LogP contribution is 2.53. The van der Waals surface area contributed by atoms with Gasteiger partial charge in [-0.3, -0.25) is 9.59 Å². The maximum atomic E-state index is 13.9. The minimum absolute atomic E-state index is 0.0576. The molecule has 1 saturated heterocycles. The summed E-state index contributed by atoms with van der Waals surface area (Å²) in [5.74, 6) is -1.56. The Balaban J connectivity index is 1.83. The SMILES string of the molecule is CCC1N(C(=O)O)C2=C[N+]1(C(=O)O)N2C1(C(=O)c2ccc(O)cc2)C=CN(CCC(=O)O)C=C1. The summed E-state index contributed by atoms with van der Waals surface area (Å²) in [4.78, 5) is 51.8. The van der Waals surface area contributed by atoms with E-state index in [1.165, 1.54) is 60.0 Å². The summed E-state index contributed by atoms with van der Waals surface area (Å²) in [6, 6.07) is 5.42. The lowest BCUT2D eigenvalue weighted by Crippen LogP contribution is -2.72. The van der Waals surface area contributed by atoms with Crippen LogP contribution in [0.5, 0.6) is 5.75 Å². The molecule has 2 atom stereocenters. The smallest absolute Gasteiger partial charge is 0.508 e. The highest BCUT2D eigenvalue weighted by atomic mass is 16.4. The lowest BCUT2D eigenvalue weighted by Gasteiger charge is -2.48. The van der Waals surface area contributed by atoms with Gasteiger partial charge in [-0.2, -0.15) is 14.7 Å². The first-order valence-electron chi connectivity index (χ1n) is 10.5. The number of carbonyl (C=O) groups is 4. The van der Waals surface area contributed by atoms with E-state index in [1.807, 2.05) is 0 Å². The maximum absolute atomic E-state index is 13.9. The predicted octanol–water partition coefficient (Wildman–Crippen LogP) is 2.39. The Hall–Kier alpha value is -4.32. The van der Waals surface area contributed by atoms with Gasteiger partial charge in [-0.05, 0) is 36.4 Å². The number of quaternary nitrogens is 1. The second-order valence-corrected chi connectivity index (χ2v) is 8.08. The fourth-order valence-corrected chi connectivity index (χ4v) is 4.66. The number of ketones is 1. The maximum Gasteiger partial charge on any atom is 0.546 e. The summed E-state index contributed by atoms with van der Waals surface area (Å²) in [5.41, 5.74) is -1.56. The van der Waals surface area contributed by atoms with Crippen molar-refractivity contribution in [3.8, 4) is 5.75 Å². The molecule has 4 aliphatic rings. The number of aromatic hydroxyl groups is 1. The van der Waals surface area contributed by atoms with Crippen LogP contribution in [0, 0.1) is 0 Å². The molecule has 178 valence electrons. The third-order valence-corrected chi connectivity index (χ3v) is 6.20. The van der Waals surface area contributed by atoms with Crippen LogP contribution in [-0.4, -0.2) is 82.0 Å². The zero-order chi connectivity index (χ0) is 24.8. The molecule has 0 aromatic heterocycles. The lowest BCUT2D eigenvalue weighted by atomic mass is 9.86. The summed E-state index contributed by atoms with van der Waals surface area (Å²) in [6.45, 7) is 1.78. The summed E-state index contributed by atoms with van der Waals surface area (Å²) in [7, 11) is 0. The van der Waals surface area contributed by atoms with E-state index in [4.69, 9.17) is 5.11 Å². The standard InChI is InChI=1S/C22H22N4O8/c1-2-17-24(20(31)32)16-13-26(17,21(33)34)25(16)22(19(30)14-3-5-15(27)6-4-14)8-11-23(12-9-22)10-7-18(28)29/h3-6,8-9,11-13,17H,2,7,10H2,1H3,(H3-,27,28,29,30,31,32,33,34)/p+1. The Morgan fingerprint density at radius 2 is 1.65 bits per heavy atom. The first-order chi connectivity index (χ1) is 16.1. The van der Waals surface area contributed by atoms with Crippen molar-refractivity contribution in [2.45, 2.75) is 31.5 Å². The van der Waals surface area contributed by atoms with Crippen LogP contribution < -0.4 is 0 Å². The number of aliphatic carboxylic acids is 1. The van der Waals surface area contributed by atoms with Crippen LogP contribution >= 0.6 is 0 Å². The second kappa shape index (κ2) is 7.92. The van der Waals surface area contributed by atoms with Crippen molar-refractivity contribution in [1.29, 1.82) is 0 Å². The van der Waals surface area contributed by atoms with Gasteiger partial charge in [0.1, 0.15) is 5.75 Å². The molecule has 12 nitrogen and oxygen atoms in total. The van der Waals surface area contributed by atoms with Crippen molar-refractivity contribution >= 4 is 23.9 Å². The number of rotatable bonds is 7. The van der Waals surface area contributed by atoms with Crippen molar-refractivity contribution < 1.29 is 44.2 Å². The normalized spacial score (nSPS) is 24.0. The van der Waals surface area contributed by atoms with Crippen molar-refractivity contribution in [2.24, 2.45) is 0 Å². The summed E-state index contributed by atoms with van der Waals surface area (Å²) >= 11 is 0. The predicted molar refractivity (Wildman–Crippen MR) is 115 cm³/mol. The van der Waals surface area contributed by atoms with Gasteiger partial charge in [-0.1, -0.05) is 11.5 Å². The molecule has 4 heterocycles. The van der Waals surface area contributed by atoms with Crippen LogP contribution in [0.1, 0.15) is 30.1 Å². The quantitative estimate of drug-likeness (QED) is 0.343. The van der Waals surface area contributed by atoms with Gasteiger partial charge in [0.15, 0.2) is 11.7 Å². The summed E-state index contributed by atoms with van der Waals surface area (Å²) < 4.78 is -0.911. The van der Waals surface area contributed by atoms with Gasteiger partial charge in [0.05, 0.1) is 6.42 Å². The molecule has 5 rings (SSSR count). The van der Waals surface area contributed by atoms with Crippen LogP contribution in [0.25, 0.3) is 0 Å². The fraction of sp³-hybridized carbons (Fsp3) is 0.273. The number of fused-ring (bicyclic) bond motifs is 1. The largest absolute Gasteiger partial charge is 0.546 e. The van der Waals surface area contributed by atoms with E-state index in [9.17, 15) is 34.5 Å². The molecular weight excluding hydrogens is 448 g/mol. The number of carboxylic acids is 1. The number of carboxylic acid groups (broad SMARTS) is 3. The molecule has 1 aromatic rings. The van der Waals surface area contributed by atoms with E-state index in [-0.39, 0.29) is 36.5 Å². The summed E-state index contributed by atoms with van der Waals surface area (Å²) in [5, 5.41) is 39.8. The number of phenols is 1. The number of amides is 2. The minimum Gasteiger partial charge on any atom is -0.508 e. The van der Waals surface area contributed by atoms with Crippen LogP contribution in [0.4, 0.5) is 9.59 Å². The van der Waals surface area contributed by atoms with Crippen molar-refractivity contribution in [3.63, 3.8) is 0 Å². The third-order valence-electron chi connectivity index (χ3n) is 6.20. The van der Waals surface area contributed by atoms with Gasteiger partial charge < -0.3 is 25.3 Å². The number of benzene rings is 1. The zero-order valence-electron chi connectivity index (χ0n) is 18.1. The van der Waals surface area contributed by atoms with Crippen LogP contribution in [0.2, 0.25) is 0 Å². The first-order valence-corrected chi connectivity index (χ1v) is 10.5. The zero-order valence-corrected chi connectivity index (χ0v) is 18.1. The number of carbonyl (C=O) groups excluding carboxylic acids is 1. The Morgan fingerprint density at radius 3 is 2.15 bits per heavy atom. The molecule has 12 heteroatoms. The van der Waals surface area contributed by atoms with Gasteiger partial charge in [-0.15, -0.1) is 0 Å². The summed E-state index contributed by atoms with van der Waals surface area (Å²) in [6.07, 6.45) is 3.40. The van der Waals surface area contributed by atoms with Crippen molar-refractivity contribution in [3.05, 3.63) is 66.4 Å². The Kier molecular flexibility index (Phi) is 5.32. The fourth-order valence-electron chi connectivity index (χ4n) is 4.66. The molecule has 0 aliphatic carbocycles. The van der Waals surface area contributed by atoms with E-state index in [2.05, 4.69) is 0 Å². The second-order valence-electron chi connectivity index (χ2n) is 8.08. The average Bonchev–Trinajstić information content (AvgIpc) is 3.29. The van der Waals surface area contributed by atoms with Crippen LogP contribution in [0.15, 0.2) is 60.8 Å². The molecule has 2 unspecified atom stereocenters. The molecular formula is C22H23N4O8+. The number of Topliss-reactive ketones (excluding diaryl/α,β-unsaturated/α-hetero) is 1. The molecule has 34 heavy (non-hydrogen) atoms. The monoisotopic (exact) mass is 471 g/mol. The number of hydrogen-bond acceptors (Lipinski definition) is 7. The molecule has 4 aliphatic heterocycles. The van der Waals surface area contributed by atoms with Crippen molar-refractivity contribution in [1.82, 2.24) is 14.8 Å². The van der Waals surface area contributed by atoms with Gasteiger partial charge in [0.25, 0.3) is 0 Å². The lowest BCUT2D eigenvalue weighted by molar-refractivity contribution is -0.955. The van der Waals surface area contributed by atoms with Gasteiger partial charge >= 0.3 is 18.2 Å². The molecule has 0 saturated carbocycles. The van der Waals surface area contributed by atoms with Gasteiger partial charge in [-0.25, -0.2) is 4.79 Å². The topological polar surface area (TPSA) is 159 Å². The van der Waals surface area contributed by atoms with Crippen molar-refractivity contribution in [2.75, 3.05) is 6.54 Å². The van der Waals surface area contributed by atoms with Gasteiger partial charge in [0.2, 0.25) is 17.8 Å². The van der Waals surface area contributed by atoms with E-state index in [0.717, 1.165) is 4.90 Å². The average molecular weight is 471 g/mol. The molecule has 1 aromatic carbocycles. The molecule has 1 fully saturated rings. The van der Waals surface area contributed by atoms with Gasteiger partial charge in [0, 0.05) is 30.9 Å². The number of phenolic OH excluding ortho intramolecular Hbond substituents is 1. The Labute approximate surface area is 193 Å². The molecule has 4 N–H and O–H groups in total. The molecule has 0 spiro atoms. The molecule has 0 radical (unpaired) electrons.